The fourth-order valence-electron chi connectivity index (χ4n) is 2.08. The highest BCUT2D eigenvalue weighted by Gasteiger charge is 2.07. The SMILES string of the molecule is O=C(CCCn1nncc1C=C1CCCCN1)NO. The van der Waals surface area contributed by atoms with Gasteiger partial charge >= 0.3 is 0 Å². The van der Waals surface area contributed by atoms with Gasteiger partial charge in [0, 0.05) is 25.2 Å². The van der Waals surface area contributed by atoms with Crippen molar-refractivity contribution in [2.45, 2.75) is 38.6 Å². The first kappa shape index (κ1) is 13.5. The average Bonchev–Trinajstić information content (AvgIpc) is 2.87. The molecule has 0 saturated carbocycles. The first-order valence-corrected chi connectivity index (χ1v) is 6.55. The van der Waals surface area contributed by atoms with Crippen LogP contribution in [0.1, 0.15) is 37.8 Å². The number of amides is 1. The van der Waals surface area contributed by atoms with Crippen LogP contribution in [0.5, 0.6) is 0 Å². The second-order valence-corrected chi connectivity index (χ2v) is 4.57. The van der Waals surface area contributed by atoms with Crippen LogP contribution in [-0.2, 0) is 11.3 Å². The van der Waals surface area contributed by atoms with Crippen LogP contribution in [0.15, 0.2) is 11.9 Å². The first-order valence-electron chi connectivity index (χ1n) is 6.55. The monoisotopic (exact) mass is 265 g/mol. The molecule has 3 N–H and O–H groups in total. The first-order chi connectivity index (χ1) is 9.29. The Bertz CT molecular complexity index is 447. The van der Waals surface area contributed by atoms with Crippen LogP contribution >= 0.6 is 0 Å². The molecule has 1 aromatic heterocycles. The van der Waals surface area contributed by atoms with Gasteiger partial charge in [-0.1, -0.05) is 5.21 Å². The minimum absolute atomic E-state index is 0.268. The lowest BCUT2D eigenvalue weighted by Gasteiger charge is -2.16. The van der Waals surface area contributed by atoms with Crippen LogP contribution in [0.2, 0.25) is 0 Å². The third-order valence-electron chi connectivity index (χ3n) is 3.09. The summed E-state index contributed by atoms with van der Waals surface area (Å²) >= 11 is 0. The number of allylic oxidation sites excluding steroid dienone is 1. The predicted octanol–water partition coefficient (Wildman–Crippen LogP) is 0.678. The van der Waals surface area contributed by atoms with Crippen molar-refractivity contribution >= 4 is 12.0 Å². The standard InChI is InChI=1S/C12H19N5O2/c18-12(15-19)5-3-7-17-11(9-14-16-17)8-10-4-1-2-6-13-10/h8-9,13,19H,1-7H2,(H,15,18). The van der Waals surface area contributed by atoms with Gasteiger partial charge in [-0.25, -0.2) is 10.2 Å². The fraction of sp³-hybridized carbons (Fsp3) is 0.583. The van der Waals surface area contributed by atoms with E-state index in [-0.39, 0.29) is 12.3 Å². The number of carbonyl (C=O) groups excluding carboxylic acids is 1. The Balaban J connectivity index is 1.91. The second-order valence-electron chi connectivity index (χ2n) is 4.57. The van der Waals surface area contributed by atoms with Gasteiger partial charge in [0.05, 0.1) is 11.9 Å². The van der Waals surface area contributed by atoms with Crippen molar-refractivity contribution in [3.63, 3.8) is 0 Å². The zero-order valence-electron chi connectivity index (χ0n) is 10.8. The van der Waals surface area contributed by atoms with Gasteiger partial charge in [0.25, 0.3) is 0 Å². The van der Waals surface area contributed by atoms with E-state index in [0.29, 0.717) is 13.0 Å². The van der Waals surface area contributed by atoms with Gasteiger partial charge in [-0.15, -0.1) is 5.10 Å². The number of hydrogen-bond donors (Lipinski definition) is 3. The minimum atomic E-state index is -0.381. The Morgan fingerprint density at radius 3 is 3.21 bits per heavy atom. The molecule has 7 nitrogen and oxygen atoms in total. The van der Waals surface area contributed by atoms with Gasteiger partial charge < -0.3 is 5.32 Å². The number of piperidine rings is 1. The average molecular weight is 265 g/mol. The van der Waals surface area contributed by atoms with E-state index >= 15 is 0 Å². The predicted molar refractivity (Wildman–Crippen MR) is 69.0 cm³/mol. The fourth-order valence-corrected chi connectivity index (χ4v) is 2.08. The van der Waals surface area contributed by atoms with Gasteiger partial charge in [-0.05, 0) is 31.8 Å². The molecule has 0 radical (unpaired) electrons. The Morgan fingerprint density at radius 2 is 2.47 bits per heavy atom. The maximum atomic E-state index is 10.9. The molecule has 1 aromatic rings. The Labute approximate surface area is 111 Å². The van der Waals surface area contributed by atoms with Crippen LogP contribution in [0.3, 0.4) is 0 Å². The maximum Gasteiger partial charge on any atom is 0.243 e. The molecule has 2 heterocycles. The topological polar surface area (TPSA) is 92.1 Å². The number of hydrogen-bond acceptors (Lipinski definition) is 5. The van der Waals surface area contributed by atoms with Crippen LogP contribution in [0.25, 0.3) is 6.08 Å². The van der Waals surface area contributed by atoms with Crippen LogP contribution < -0.4 is 10.8 Å². The third-order valence-corrected chi connectivity index (χ3v) is 3.09. The lowest BCUT2D eigenvalue weighted by Crippen LogP contribution is -2.20. The van der Waals surface area contributed by atoms with Gasteiger partial charge in [0.1, 0.15) is 0 Å². The number of carbonyl (C=O) groups is 1. The summed E-state index contributed by atoms with van der Waals surface area (Å²) in [6.45, 7) is 1.62. The Kier molecular flexibility index (Phi) is 4.91. The van der Waals surface area contributed by atoms with Crippen molar-refractivity contribution in [1.29, 1.82) is 0 Å². The van der Waals surface area contributed by atoms with E-state index in [1.54, 1.807) is 16.4 Å². The molecule has 19 heavy (non-hydrogen) atoms. The van der Waals surface area contributed by atoms with Gasteiger partial charge in [-0.2, -0.15) is 0 Å². The summed E-state index contributed by atoms with van der Waals surface area (Å²) in [5.74, 6) is -0.381. The highest BCUT2D eigenvalue weighted by atomic mass is 16.5. The molecule has 0 atom stereocenters. The van der Waals surface area contributed by atoms with E-state index in [4.69, 9.17) is 5.21 Å². The third kappa shape index (κ3) is 4.06. The smallest absolute Gasteiger partial charge is 0.243 e. The van der Waals surface area contributed by atoms with E-state index in [2.05, 4.69) is 21.7 Å². The Morgan fingerprint density at radius 1 is 1.58 bits per heavy atom. The summed E-state index contributed by atoms with van der Waals surface area (Å²) in [6, 6.07) is 0. The summed E-state index contributed by atoms with van der Waals surface area (Å²) < 4.78 is 1.77. The summed E-state index contributed by atoms with van der Waals surface area (Å²) in [5.41, 5.74) is 3.77. The molecule has 1 fully saturated rings. The highest BCUT2D eigenvalue weighted by Crippen LogP contribution is 2.14. The van der Waals surface area contributed by atoms with Crippen LogP contribution in [0, 0.1) is 0 Å². The van der Waals surface area contributed by atoms with E-state index in [9.17, 15) is 4.79 Å². The largest absolute Gasteiger partial charge is 0.388 e. The molecule has 1 aliphatic heterocycles. The molecule has 104 valence electrons. The molecular weight excluding hydrogens is 246 g/mol. The van der Waals surface area contributed by atoms with E-state index in [1.165, 1.54) is 18.5 Å². The van der Waals surface area contributed by atoms with Gasteiger partial charge in [0.15, 0.2) is 0 Å². The number of nitrogens with one attached hydrogen (secondary N) is 2. The van der Waals surface area contributed by atoms with Crippen molar-refractivity contribution in [3.8, 4) is 0 Å². The van der Waals surface area contributed by atoms with Crippen molar-refractivity contribution in [2.75, 3.05) is 6.54 Å². The minimum Gasteiger partial charge on any atom is -0.388 e. The van der Waals surface area contributed by atoms with E-state index in [0.717, 1.165) is 18.7 Å². The second kappa shape index (κ2) is 6.89. The number of nitrogens with zero attached hydrogens (tertiary/aromatic N) is 3. The van der Waals surface area contributed by atoms with E-state index in [1.807, 2.05) is 0 Å². The molecule has 0 aromatic carbocycles. The maximum absolute atomic E-state index is 10.9. The molecule has 0 aliphatic carbocycles. The molecule has 1 saturated heterocycles. The number of hydroxylamine groups is 1. The molecule has 0 unspecified atom stereocenters. The molecule has 7 heteroatoms. The van der Waals surface area contributed by atoms with E-state index < -0.39 is 0 Å². The van der Waals surface area contributed by atoms with Crippen molar-refractivity contribution < 1.29 is 10.0 Å². The molecular formula is C12H19N5O2. The quantitative estimate of drug-likeness (QED) is 0.538. The number of aryl methyl sites for hydroxylation is 1. The number of rotatable bonds is 5. The molecule has 2 rings (SSSR count). The van der Waals surface area contributed by atoms with Gasteiger partial charge in [-0.3, -0.25) is 10.0 Å². The number of aromatic nitrogens is 3. The normalized spacial score (nSPS) is 17.2. The summed E-state index contributed by atoms with van der Waals surface area (Å²) in [5, 5.41) is 19.7. The molecule has 1 aliphatic rings. The summed E-state index contributed by atoms with van der Waals surface area (Å²) in [6.07, 6.45) is 8.13. The Hall–Kier alpha value is -1.89. The lowest BCUT2D eigenvalue weighted by molar-refractivity contribution is -0.129. The van der Waals surface area contributed by atoms with Crippen LogP contribution in [-0.4, -0.2) is 32.7 Å². The lowest BCUT2D eigenvalue weighted by atomic mass is 10.1. The zero-order valence-corrected chi connectivity index (χ0v) is 10.8. The highest BCUT2D eigenvalue weighted by molar-refractivity contribution is 5.74. The molecule has 0 spiro atoms. The van der Waals surface area contributed by atoms with Crippen LogP contribution in [0.4, 0.5) is 0 Å². The zero-order chi connectivity index (χ0) is 13.5. The molecule has 1 amide bonds. The summed E-state index contributed by atoms with van der Waals surface area (Å²) in [7, 11) is 0. The van der Waals surface area contributed by atoms with Crippen molar-refractivity contribution in [1.82, 2.24) is 25.8 Å². The van der Waals surface area contributed by atoms with Crippen molar-refractivity contribution in [2.24, 2.45) is 0 Å². The van der Waals surface area contributed by atoms with Gasteiger partial charge in [0.2, 0.25) is 5.91 Å². The molecule has 0 bridgehead atoms. The summed E-state index contributed by atoms with van der Waals surface area (Å²) in [4.78, 5) is 10.9. The van der Waals surface area contributed by atoms with Crippen molar-refractivity contribution in [3.05, 3.63) is 17.6 Å².